The summed E-state index contributed by atoms with van der Waals surface area (Å²) in [6.45, 7) is 3.73. The average molecular weight is 269 g/mol. The summed E-state index contributed by atoms with van der Waals surface area (Å²) in [5, 5.41) is 14.4. The summed E-state index contributed by atoms with van der Waals surface area (Å²) in [6, 6.07) is 7.92. The van der Waals surface area contributed by atoms with Gasteiger partial charge in [-0.15, -0.1) is 5.10 Å². The molecule has 3 rings (SSSR count). The highest BCUT2D eigenvalue weighted by molar-refractivity contribution is 5.48. The van der Waals surface area contributed by atoms with Crippen molar-refractivity contribution in [1.82, 2.24) is 29.8 Å². The summed E-state index contributed by atoms with van der Waals surface area (Å²) in [4.78, 5) is 4.33. The molecule has 0 saturated carbocycles. The Labute approximate surface area is 116 Å². The van der Waals surface area contributed by atoms with Gasteiger partial charge in [-0.1, -0.05) is 0 Å². The maximum absolute atomic E-state index is 4.33. The Kier molecular flexibility index (Phi) is 3.40. The van der Waals surface area contributed by atoms with Crippen molar-refractivity contribution < 1.29 is 0 Å². The molecule has 20 heavy (non-hydrogen) atoms. The number of nitrogens with zero attached hydrogens (tertiary/aromatic N) is 6. The lowest BCUT2D eigenvalue weighted by Crippen LogP contribution is -2.07. The minimum Gasteiger partial charge on any atom is -0.378 e. The molecule has 1 aromatic carbocycles. The van der Waals surface area contributed by atoms with E-state index in [-0.39, 0.29) is 0 Å². The molecule has 7 heteroatoms. The third-order valence-electron chi connectivity index (χ3n) is 3.07. The van der Waals surface area contributed by atoms with Gasteiger partial charge in [0.15, 0.2) is 0 Å². The van der Waals surface area contributed by atoms with Gasteiger partial charge >= 0.3 is 0 Å². The molecule has 3 aromatic rings. The van der Waals surface area contributed by atoms with Gasteiger partial charge in [-0.25, -0.2) is 9.67 Å². The first kappa shape index (κ1) is 12.3. The van der Waals surface area contributed by atoms with Gasteiger partial charge in [0.1, 0.15) is 12.2 Å². The fourth-order valence-corrected chi connectivity index (χ4v) is 1.99. The van der Waals surface area contributed by atoms with E-state index in [1.54, 1.807) is 11.0 Å². The Bertz CT molecular complexity index is 654. The molecule has 2 aromatic heterocycles. The van der Waals surface area contributed by atoms with E-state index in [9.17, 15) is 0 Å². The van der Waals surface area contributed by atoms with E-state index in [4.69, 9.17) is 0 Å². The molecule has 7 nitrogen and oxygen atoms in total. The quantitative estimate of drug-likeness (QED) is 0.759. The lowest BCUT2D eigenvalue weighted by atomic mass is 10.3. The van der Waals surface area contributed by atoms with E-state index < -0.39 is 0 Å². The predicted molar refractivity (Wildman–Crippen MR) is 74.4 cm³/mol. The summed E-state index contributed by atoms with van der Waals surface area (Å²) in [6.07, 6.45) is 5.37. The fourth-order valence-electron chi connectivity index (χ4n) is 1.99. The number of nitrogens with one attached hydrogen (secondary N) is 1. The summed E-state index contributed by atoms with van der Waals surface area (Å²) >= 11 is 0. The number of aromatic nitrogens is 6. The second kappa shape index (κ2) is 5.52. The van der Waals surface area contributed by atoms with Crippen LogP contribution in [0.25, 0.3) is 5.69 Å². The number of benzene rings is 1. The number of hydrogen-bond acceptors (Lipinski definition) is 5. The highest BCUT2D eigenvalue weighted by Gasteiger charge is 2.02. The highest BCUT2D eigenvalue weighted by atomic mass is 15.5. The van der Waals surface area contributed by atoms with Crippen LogP contribution in [0.5, 0.6) is 0 Å². The van der Waals surface area contributed by atoms with E-state index in [1.165, 1.54) is 0 Å². The molecule has 2 heterocycles. The van der Waals surface area contributed by atoms with Gasteiger partial charge in [-0.3, -0.25) is 0 Å². The average Bonchev–Trinajstić information content (AvgIpc) is 3.16. The molecule has 0 unspecified atom stereocenters. The SMILES string of the molecule is CCn1ccnc1CNc1ccc(-n2cnnn2)cc1. The zero-order valence-corrected chi connectivity index (χ0v) is 11.1. The van der Waals surface area contributed by atoms with Crippen LogP contribution in [0.4, 0.5) is 5.69 Å². The molecule has 0 amide bonds. The second-order valence-corrected chi connectivity index (χ2v) is 4.28. The predicted octanol–water partition coefficient (Wildman–Crippen LogP) is 1.49. The van der Waals surface area contributed by atoms with Gasteiger partial charge in [0.05, 0.1) is 12.2 Å². The Morgan fingerprint density at radius 2 is 2.05 bits per heavy atom. The van der Waals surface area contributed by atoms with Crippen molar-refractivity contribution in [2.75, 3.05) is 5.32 Å². The molecule has 0 radical (unpaired) electrons. The van der Waals surface area contributed by atoms with Gasteiger partial charge in [0.25, 0.3) is 0 Å². The van der Waals surface area contributed by atoms with Crippen LogP contribution in [0.3, 0.4) is 0 Å². The molecule has 0 spiro atoms. The summed E-state index contributed by atoms with van der Waals surface area (Å²) in [5.74, 6) is 1.03. The minimum atomic E-state index is 0.699. The van der Waals surface area contributed by atoms with Gasteiger partial charge in [-0.2, -0.15) is 0 Å². The van der Waals surface area contributed by atoms with E-state index >= 15 is 0 Å². The van der Waals surface area contributed by atoms with Crippen molar-refractivity contribution in [3.05, 3.63) is 48.8 Å². The van der Waals surface area contributed by atoms with Crippen molar-refractivity contribution in [3.63, 3.8) is 0 Å². The second-order valence-electron chi connectivity index (χ2n) is 4.28. The molecule has 0 saturated heterocycles. The summed E-state index contributed by atoms with van der Waals surface area (Å²) < 4.78 is 3.73. The van der Waals surface area contributed by atoms with Crippen LogP contribution < -0.4 is 5.32 Å². The first-order chi connectivity index (χ1) is 9.86. The molecule has 0 fully saturated rings. The molecule has 0 aliphatic carbocycles. The van der Waals surface area contributed by atoms with Gasteiger partial charge in [0, 0.05) is 24.6 Å². The van der Waals surface area contributed by atoms with Crippen molar-refractivity contribution in [2.45, 2.75) is 20.0 Å². The molecule has 0 atom stereocenters. The standard InChI is InChI=1S/C13H15N7/c1-2-19-8-7-14-13(19)9-15-11-3-5-12(6-4-11)20-10-16-17-18-20/h3-8,10,15H,2,9H2,1H3. The van der Waals surface area contributed by atoms with Crippen LogP contribution in [-0.4, -0.2) is 29.8 Å². The molecule has 0 bridgehead atoms. The smallest absolute Gasteiger partial charge is 0.143 e. The van der Waals surface area contributed by atoms with Crippen molar-refractivity contribution in [3.8, 4) is 5.69 Å². The lowest BCUT2D eigenvalue weighted by Gasteiger charge is -2.08. The van der Waals surface area contributed by atoms with Crippen molar-refractivity contribution >= 4 is 5.69 Å². The molecular formula is C13H15N7. The number of rotatable bonds is 5. The van der Waals surface area contributed by atoms with E-state index in [0.717, 1.165) is 23.7 Å². The topological polar surface area (TPSA) is 73.5 Å². The zero-order valence-electron chi connectivity index (χ0n) is 11.1. The van der Waals surface area contributed by atoms with E-state index in [2.05, 4.69) is 37.3 Å². The van der Waals surface area contributed by atoms with Crippen molar-refractivity contribution in [1.29, 1.82) is 0 Å². The number of anilines is 1. The first-order valence-electron chi connectivity index (χ1n) is 6.44. The van der Waals surface area contributed by atoms with Crippen LogP contribution >= 0.6 is 0 Å². The molecule has 102 valence electrons. The maximum Gasteiger partial charge on any atom is 0.143 e. The normalized spacial score (nSPS) is 10.7. The number of tetrazole rings is 1. The highest BCUT2D eigenvalue weighted by Crippen LogP contribution is 2.13. The number of imidazole rings is 1. The Morgan fingerprint density at radius 1 is 1.20 bits per heavy atom. The van der Waals surface area contributed by atoms with Crippen molar-refractivity contribution in [2.24, 2.45) is 0 Å². The number of hydrogen-bond donors (Lipinski definition) is 1. The van der Waals surface area contributed by atoms with E-state index in [0.29, 0.717) is 6.54 Å². The zero-order chi connectivity index (χ0) is 13.8. The van der Waals surface area contributed by atoms with Crippen LogP contribution in [0.1, 0.15) is 12.7 Å². The largest absolute Gasteiger partial charge is 0.378 e. The third-order valence-corrected chi connectivity index (χ3v) is 3.07. The minimum absolute atomic E-state index is 0.699. The Morgan fingerprint density at radius 3 is 2.75 bits per heavy atom. The van der Waals surface area contributed by atoms with Gasteiger partial charge in [0.2, 0.25) is 0 Å². The Balaban J connectivity index is 1.67. The summed E-state index contributed by atoms with van der Waals surface area (Å²) in [5.41, 5.74) is 1.96. The molecule has 1 N–H and O–H groups in total. The van der Waals surface area contributed by atoms with Crippen LogP contribution in [0.2, 0.25) is 0 Å². The van der Waals surface area contributed by atoms with Gasteiger partial charge < -0.3 is 9.88 Å². The van der Waals surface area contributed by atoms with Crippen LogP contribution in [-0.2, 0) is 13.1 Å². The third kappa shape index (κ3) is 2.51. The maximum atomic E-state index is 4.33. The molecular weight excluding hydrogens is 254 g/mol. The molecule has 0 aliphatic rings. The van der Waals surface area contributed by atoms with Crippen LogP contribution in [0.15, 0.2) is 43.0 Å². The first-order valence-corrected chi connectivity index (χ1v) is 6.44. The van der Waals surface area contributed by atoms with Gasteiger partial charge in [-0.05, 0) is 41.6 Å². The fraction of sp³-hybridized carbons (Fsp3) is 0.231. The molecule has 0 aliphatic heterocycles. The van der Waals surface area contributed by atoms with Crippen LogP contribution in [0, 0.1) is 0 Å². The summed E-state index contributed by atoms with van der Waals surface area (Å²) in [7, 11) is 0. The number of aryl methyl sites for hydroxylation is 1. The Hall–Kier alpha value is -2.70. The van der Waals surface area contributed by atoms with E-state index in [1.807, 2.05) is 36.7 Å². The monoisotopic (exact) mass is 269 g/mol. The lowest BCUT2D eigenvalue weighted by molar-refractivity contribution is 0.708.